The first kappa shape index (κ1) is 20.8. The van der Waals surface area contributed by atoms with Crippen LogP contribution in [0.3, 0.4) is 0 Å². The predicted octanol–water partition coefficient (Wildman–Crippen LogP) is 3.95. The molecule has 1 saturated heterocycles. The van der Waals surface area contributed by atoms with Crippen LogP contribution in [-0.2, 0) is 4.79 Å². The second kappa shape index (κ2) is 9.96. The normalized spacial score (nSPS) is 22.0. The van der Waals surface area contributed by atoms with Gasteiger partial charge in [-0.15, -0.1) is 0 Å². The Balaban J connectivity index is 1.73. The Labute approximate surface area is 159 Å². The van der Waals surface area contributed by atoms with Gasteiger partial charge in [0.25, 0.3) is 5.91 Å². The maximum atomic E-state index is 12.4. The van der Waals surface area contributed by atoms with Crippen LogP contribution < -0.4 is 10.1 Å². The van der Waals surface area contributed by atoms with Crippen molar-refractivity contribution in [1.82, 2.24) is 10.2 Å². The van der Waals surface area contributed by atoms with Crippen molar-refractivity contribution in [2.24, 2.45) is 11.8 Å². The Kier molecular flexibility index (Phi) is 7.95. The molecular formula is C22H36N2O2. The number of carbonyl (C=O) groups is 1. The van der Waals surface area contributed by atoms with Gasteiger partial charge in [-0.1, -0.05) is 26.8 Å². The number of aryl methyl sites for hydroxylation is 2. The quantitative estimate of drug-likeness (QED) is 0.714. The summed E-state index contributed by atoms with van der Waals surface area (Å²) in [6.07, 6.45) is 2.57. The van der Waals surface area contributed by atoms with Gasteiger partial charge in [-0.3, -0.25) is 4.79 Å². The Morgan fingerprint density at radius 2 is 1.92 bits per heavy atom. The molecule has 1 aromatic rings. The number of amides is 1. The highest BCUT2D eigenvalue weighted by atomic mass is 16.5. The Morgan fingerprint density at radius 1 is 1.23 bits per heavy atom. The zero-order valence-electron chi connectivity index (χ0n) is 17.2. The van der Waals surface area contributed by atoms with E-state index in [0.717, 1.165) is 30.6 Å². The molecule has 0 bridgehead atoms. The first-order valence-electron chi connectivity index (χ1n) is 10.1. The van der Waals surface area contributed by atoms with Gasteiger partial charge in [0.2, 0.25) is 0 Å². The van der Waals surface area contributed by atoms with Crippen LogP contribution in [0.5, 0.6) is 5.75 Å². The Morgan fingerprint density at radius 3 is 2.54 bits per heavy atom. The Hall–Kier alpha value is -1.55. The van der Waals surface area contributed by atoms with Crippen LogP contribution in [0.25, 0.3) is 0 Å². The van der Waals surface area contributed by atoms with Gasteiger partial charge in [0.1, 0.15) is 5.75 Å². The van der Waals surface area contributed by atoms with E-state index in [-0.39, 0.29) is 5.91 Å². The average molecular weight is 361 g/mol. The van der Waals surface area contributed by atoms with Crippen LogP contribution in [-0.4, -0.2) is 43.1 Å². The summed E-state index contributed by atoms with van der Waals surface area (Å²) >= 11 is 0. The van der Waals surface area contributed by atoms with Crippen molar-refractivity contribution in [1.29, 1.82) is 0 Å². The summed E-state index contributed by atoms with van der Waals surface area (Å²) in [5.74, 6) is 2.32. The summed E-state index contributed by atoms with van der Waals surface area (Å²) in [6.45, 7) is 14.9. The van der Waals surface area contributed by atoms with Crippen molar-refractivity contribution in [2.75, 3.05) is 26.2 Å². The number of hydrogen-bond donors (Lipinski definition) is 1. The molecule has 0 radical (unpaired) electrons. The van der Waals surface area contributed by atoms with Gasteiger partial charge in [-0.2, -0.15) is 0 Å². The zero-order chi connectivity index (χ0) is 19.1. The second-order valence-corrected chi connectivity index (χ2v) is 8.11. The maximum absolute atomic E-state index is 12.4. The van der Waals surface area contributed by atoms with Crippen molar-refractivity contribution >= 4 is 5.91 Å². The van der Waals surface area contributed by atoms with Crippen LogP contribution in [0.2, 0.25) is 0 Å². The van der Waals surface area contributed by atoms with E-state index in [1.165, 1.54) is 30.6 Å². The fourth-order valence-corrected chi connectivity index (χ4v) is 3.88. The smallest absolute Gasteiger partial charge is 0.261 e. The van der Waals surface area contributed by atoms with Gasteiger partial charge in [-0.25, -0.2) is 0 Å². The lowest BCUT2D eigenvalue weighted by molar-refractivity contribution is -0.128. The van der Waals surface area contributed by atoms with Crippen molar-refractivity contribution < 1.29 is 9.53 Å². The average Bonchev–Trinajstić information content (AvgIpc) is 2.58. The summed E-state index contributed by atoms with van der Waals surface area (Å²) in [5.41, 5.74) is 2.42. The molecule has 1 amide bonds. The summed E-state index contributed by atoms with van der Waals surface area (Å²) in [6, 6.07) is 5.98. The molecular weight excluding hydrogens is 324 g/mol. The molecule has 1 fully saturated rings. The lowest BCUT2D eigenvalue weighted by Gasteiger charge is -2.35. The number of benzene rings is 1. The molecule has 1 heterocycles. The standard InChI is InChI=1S/C22H36N2O2/c1-6-21(26-20-9-8-18(4)19(5)13-20)22(25)23-10-7-11-24-14-16(2)12-17(3)15-24/h8-9,13,16-17,21H,6-7,10-12,14-15H2,1-5H3,(H,23,25)/t16-,17+,21-/m1/s1. The number of ether oxygens (including phenoxy) is 1. The number of rotatable bonds is 8. The van der Waals surface area contributed by atoms with Crippen LogP contribution in [0.4, 0.5) is 0 Å². The van der Waals surface area contributed by atoms with Gasteiger partial charge >= 0.3 is 0 Å². The van der Waals surface area contributed by atoms with E-state index < -0.39 is 6.10 Å². The first-order valence-corrected chi connectivity index (χ1v) is 10.1. The summed E-state index contributed by atoms with van der Waals surface area (Å²) in [4.78, 5) is 15.0. The highest BCUT2D eigenvalue weighted by molar-refractivity contribution is 5.81. The number of nitrogens with zero attached hydrogens (tertiary/aromatic N) is 1. The largest absolute Gasteiger partial charge is 0.481 e. The summed E-state index contributed by atoms with van der Waals surface area (Å²) in [5, 5.41) is 3.05. The zero-order valence-corrected chi connectivity index (χ0v) is 17.2. The highest BCUT2D eigenvalue weighted by Crippen LogP contribution is 2.21. The minimum atomic E-state index is -0.424. The van der Waals surface area contributed by atoms with Gasteiger partial charge in [-0.05, 0) is 74.8 Å². The predicted molar refractivity (Wildman–Crippen MR) is 108 cm³/mol. The molecule has 1 aliphatic rings. The fraction of sp³-hybridized carbons (Fsp3) is 0.682. The maximum Gasteiger partial charge on any atom is 0.261 e. The first-order chi connectivity index (χ1) is 12.4. The summed E-state index contributed by atoms with van der Waals surface area (Å²) < 4.78 is 5.91. The monoisotopic (exact) mass is 360 g/mol. The topological polar surface area (TPSA) is 41.6 Å². The van der Waals surface area contributed by atoms with Gasteiger partial charge in [0.15, 0.2) is 6.10 Å². The van der Waals surface area contributed by atoms with E-state index in [1.54, 1.807) is 0 Å². The Bertz CT molecular complexity index is 578. The fourth-order valence-electron chi connectivity index (χ4n) is 3.88. The third-order valence-corrected chi connectivity index (χ3v) is 5.31. The molecule has 0 spiro atoms. The molecule has 0 unspecified atom stereocenters. The molecule has 1 aromatic carbocycles. The van der Waals surface area contributed by atoms with Crippen molar-refractivity contribution in [3.63, 3.8) is 0 Å². The summed E-state index contributed by atoms with van der Waals surface area (Å²) in [7, 11) is 0. The van der Waals surface area contributed by atoms with E-state index in [1.807, 2.05) is 25.1 Å². The molecule has 1 N–H and O–H groups in total. The molecule has 2 rings (SSSR count). The van der Waals surface area contributed by atoms with Crippen molar-refractivity contribution in [3.8, 4) is 5.75 Å². The van der Waals surface area contributed by atoms with E-state index in [9.17, 15) is 4.79 Å². The number of piperidine rings is 1. The van der Waals surface area contributed by atoms with Gasteiger partial charge in [0, 0.05) is 19.6 Å². The molecule has 146 valence electrons. The van der Waals surface area contributed by atoms with E-state index >= 15 is 0 Å². The molecule has 1 aliphatic heterocycles. The van der Waals surface area contributed by atoms with Gasteiger partial charge in [0.05, 0.1) is 0 Å². The third-order valence-electron chi connectivity index (χ3n) is 5.31. The second-order valence-electron chi connectivity index (χ2n) is 8.11. The minimum absolute atomic E-state index is 0.00823. The molecule has 4 nitrogen and oxygen atoms in total. The van der Waals surface area contributed by atoms with Crippen LogP contribution >= 0.6 is 0 Å². The van der Waals surface area contributed by atoms with E-state index in [0.29, 0.717) is 13.0 Å². The van der Waals surface area contributed by atoms with Crippen molar-refractivity contribution in [2.45, 2.75) is 60.0 Å². The van der Waals surface area contributed by atoms with E-state index in [4.69, 9.17) is 4.74 Å². The van der Waals surface area contributed by atoms with Crippen LogP contribution in [0.15, 0.2) is 18.2 Å². The van der Waals surface area contributed by atoms with Crippen molar-refractivity contribution in [3.05, 3.63) is 29.3 Å². The SMILES string of the molecule is CC[C@@H](Oc1ccc(C)c(C)c1)C(=O)NCCCN1C[C@H](C)C[C@H](C)C1. The lowest BCUT2D eigenvalue weighted by Crippen LogP contribution is -2.41. The van der Waals surface area contributed by atoms with Gasteiger partial charge < -0.3 is 15.0 Å². The molecule has 0 aliphatic carbocycles. The molecule has 0 aromatic heterocycles. The third kappa shape index (κ3) is 6.31. The molecule has 3 atom stereocenters. The van der Waals surface area contributed by atoms with Crippen LogP contribution in [0.1, 0.15) is 51.2 Å². The molecule has 0 saturated carbocycles. The highest BCUT2D eigenvalue weighted by Gasteiger charge is 2.22. The van der Waals surface area contributed by atoms with Crippen LogP contribution in [0, 0.1) is 25.7 Å². The number of carbonyl (C=O) groups excluding carboxylic acids is 1. The molecule has 4 heteroatoms. The molecule has 26 heavy (non-hydrogen) atoms. The number of nitrogens with one attached hydrogen (secondary N) is 1. The van der Waals surface area contributed by atoms with E-state index in [2.05, 4.69) is 37.9 Å². The lowest BCUT2D eigenvalue weighted by atomic mass is 9.92. The number of likely N-dealkylation sites (tertiary alicyclic amines) is 1. The minimum Gasteiger partial charge on any atom is -0.481 e. The number of hydrogen-bond acceptors (Lipinski definition) is 3.